The second-order valence-electron chi connectivity index (χ2n) is 5.88. The van der Waals surface area contributed by atoms with Crippen LogP contribution in [0.25, 0.3) is 22.2 Å². The number of carbonyl (C=O) groups excluding carboxylic acids is 1. The number of nitrogens with one attached hydrogen (secondary N) is 1. The molecule has 0 saturated heterocycles. The van der Waals surface area contributed by atoms with Crippen LogP contribution in [0.15, 0.2) is 71.5 Å². The number of hydrogen-bond donors (Lipinski definition) is 1. The van der Waals surface area contributed by atoms with Gasteiger partial charge in [-0.3, -0.25) is 9.78 Å². The van der Waals surface area contributed by atoms with Gasteiger partial charge in [-0.15, -0.1) is 0 Å². The molecule has 128 valence electrons. The van der Waals surface area contributed by atoms with E-state index in [-0.39, 0.29) is 12.5 Å². The molecule has 0 unspecified atom stereocenters. The lowest BCUT2D eigenvalue weighted by atomic mass is 10.1. The van der Waals surface area contributed by atoms with Gasteiger partial charge in [0.15, 0.2) is 0 Å². The normalized spacial score (nSPS) is 10.8. The quantitative estimate of drug-likeness (QED) is 0.601. The molecule has 26 heavy (non-hydrogen) atoms. The number of nitrogens with zero attached hydrogens (tertiary/aromatic N) is 3. The van der Waals surface area contributed by atoms with Crippen LogP contribution in [0.5, 0.6) is 0 Å². The molecule has 2 aromatic carbocycles. The maximum absolute atomic E-state index is 12.2. The van der Waals surface area contributed by atoms with Gasteiger partial charge in [0.25, 0.3) is 0 Å². The fourth-order valence-electron chi connectivity index (χ4n) is 2.72. The number of hydrogen-bond acceptors (Lipinski definition) is 5. The average Bonchev–Trinajstić information content (AvgIpc) is 3.16. The zero-order valence-corrected chi connectivity index (χ0v) is 13.9. The fourth-order valence-corrected chi connectivity index (χ4v) is 2.72. The number of aromatic nitrogens is 3. The molecule has 4 aromatic rings. The highest BCUT2D eigenvalue weighted by molar-refractivity contribution is 5.85. The SMILES string of the molecule is O=C(Cc1ccc2ccccc2c1)NCc1nc(-c2ccncc2)no1. The van der Waals surface area contributed by atoms with Gasteiger partial charge in [-0.1, -0.05) is 47.6 Å². The molecule has 0 atom stereocenters. The van der Waals surface area contributed by atoms with E-state index >= 15 is 0 Å². The zero-order valence-electron chi connectivity index (χ0n) is 13.9. The fraction of sp³-hybridized carbons (Fsp3) is 0.100. The Morgan fingerprint density at radius 3 is 2.65 bits per heavy atom. The van der Waals surface area contributed by atoms with E-state index in [9.17, 15) is 4.79 Å². The number of rotatable bonds is 5. The molecule has 0 radical (unpaired) electrons. The molecule has 2 heterocycles. The summed E-state index contributed by atoms with van der Waals surface area (Å²) in [4.78, 5) is 20.4. The number of benzene rings is 2. The van der Waals surface area contributed by atoms with Crippen molar-refractivity contribution in [2.45, 2.75) is 13.0 Å². The van der Waals surface area contributed by atoms with Gasteiger partial charge in [0, 0.05) is 18.0 Å². The van der Waals surface area contributed by atoms with Crippen molar-refractivity contribution in [3.05, 3.63) is 78.4 Å². The van der Waals surface area contributed by atoms with Crippen LogP contribution < -0.4 is 5.32 Å². The number of fused-ring (bicyclic) bond motifs is 1. The van der Waals surface area contributed by atoms with Gasteiger partial charge in [0.2, 0.25) is 17.6 Å². The van der Waals surface area contributed by atoms with Crippen LogP contribution >= 0.6 is 0 Å². The maximum Gasteiger partial charge on any atom is 0.246 e. The van der Waals surface area contributed by atoms with Crippen LogP contribution in [0.1, 0.15) is 11.5 Å². The van der Waals surface area contributed by atoms with Crippen LogP contribution in [0.2, 0.25) is 0 Å². The largest absolute Gasteiger partial charge is 0.347 e. The molecule has 0 aliphatic rings. The topological polar surface area (TPSA) is 80.9 Å². The number of pyridine rings is 1. The van der Waals surface area contributed by atoms with Crippen molar-refractivity contribution in [3.8, 4) is 11.4 Å². The first kappa shape index (κ1) is 16.0. The van der Waals surface area contributed by atoms with Crippen molar-refractivity contribution in [2.24, 2.45) is 0 Å². The summed E-state index contributed by atoms with van der Waals surface area (Å²) in [5.74, 6) is 0.749. The van der Waals surface area contributed by atoms with Crippen LogP contribution in [0.3, 0.4) is 0 Å². The Hall–Kier alpha value is -3.54. The van der Waals surface area contributed by atoms with Crippen LogP contribution in [0.4, 0.5) is 0 Å². The molecule has 1 amide bonds. The van der Waals surface area contributed by atoms with E-state index in [0.29, 0.717) is 18.1 Å². The maximum atomic E-state index is 12.2. The summed E-state index contributed by atoms with van der Waals surface area (Å²) in [6.07, 6.45) is 3.63. The molecule has 0 aliphatic carbocycles. The highest BCUT2D eigenvalue weighted by Crippen LogP contribution is 2.16. The summed E-state index contributed by atoms with van der Waals surface area (Å²) in [6, 6.07) is 17.7. The van der Waals surface area contributed by atoms with Crippen molar-refractivity contribution in [1.82, 2.24) is 20.4 Å². The minimum atomic E-state index is -0.0936. The molecule has 0 spiro atoms. The lowest BCUT2D eigenvalue weighted by Crippen LogP contribution is -2.24. The van der Waals surface area contributed by atoms with Gasteiger partial charge in [-0.2, -0.15) is 4.98 Å². The summed E-state index contributed by atoms with van der Waals surface area (Å²) in [6.45, 7) is 0.199. The molecule has 0 aliphatic heterocycles. The summed E-state index contributed by atoms with van der Waals surface area (Å²) in [5.41, 5.74) is 1.78. The third kappa shape index (κ3) is 3.59. The molecular formula is C20H16N4O2. The van der Waals surface area contributed by atoms with Crippen molar-refractivity contribution in [3.63, 3.8) is 0 Å². The first-order valence-corrected chi connectivity index (χ1v) is 8.25. The van der Waals surface area contributed by atoms with Crippen molar-refractivity contribution in [1.29, 1.82) is 0 Å². The van der Waals surface area contributed by atoms with Crippen molar-refractivity contribution >= 4 is 16.7 Å². The predicted octanol–water partition coefficient (Wildman–Crippen LogP) is 3.14. The van der Waals surface area contributed by atoms with Gasteiger partial charge >= 0.3 is 0 Å². The molecule has 0 fully saturated rings. The first-order valence-electron chi connectivity index (χ1n) is 8.25. The molecule has 0 saturated carbocycles. The van der Waals surface area contributed by atoms with E-state index in [1.807, 2.05) is 36.4 Å². The Bertz CT molecular complexity index is 1040. The molecule has 6 nitrogen and oxygen atoms in total. The van der Waals surface area contributed by atoms with Crippen molar-refractivity contribution in [2.75, 3.05) is 0 Å². The Morgan fingerprint density at radius 2 is 1.81 bits per heavy atom. The highest BCUT2D eigenvalue weighted by atomic mass is 16.5. The van der Waals surface area contributed by atoms with E-state index in [0.717, 1.165) is 21.9 Å². The molecule has 2 aromatic heterocycles. The Labute approximate surface area is 149 Å². The third-order valence-corrected chi connectivity index (χ3v) is 4.02. The zero-order chi connectivity index (χ0) is 17.8. The summed E-state index contributed by atoms with van der Waals surface area (Å²) in [7, 11) is 0. The van der Waals surface area contributed by atoms with Crippen LogP contribution in [0, 0.1) is 0 Å². The first-order chi connectivity index (χ1) is 12.8. The predicted molar refractivity (Wildman–Crippen MR) is 97.0 cm³/mol. The number of amides is 1. The second kappa shape index (κ2) is 7.14. The second-order valence-corrected chi connectivity index (χ2v) is 5.88. The summed E-state index contributed by atoms with van der Waals surface area (Å²) >= 11 is 0. The monoisotopic (exact) mass is 344 g/mol. The Balaban J connectivity index is 1.37. The van der Waals surface area contributed by atoms with Gasteiger partial charge in [-0.25, -0.2) is 0 Å². The molecular weight excluding hydrogens is 328 g/mol. The summed E-state index contributed by atoms with van der Waals surface area (Å²) < 4.78 is 5.18. The lowest BCUT2D eigenvalue weighted by Gasteiger charge is -2.04. The number of carbonyl (C=O) groups is 1. The minimum Gasteiger partial charge on any atom is -0.347 e. The summed E-state index contributed by atoms with van der Waals surface area (Å²) in [5, 5.41) is 9.01. The van der Waals surface area contributed by atoms with Crippen molar-refractivity contribution < 1.29 is 9.32 Å². The van der Waals surface area contributed by atoms with E-state index in [1.165, 1.54) is 0 Å². The van der Waals surface area contributed by atoms with Gasteiger partial charge in [-0.05, 0) is 28.5 Å². The molecule has 1 N–H and O–H groups in total. The van der Waals surface area contributed by atoms with E-state index < -0.39 is 0 Å². The lowest BCUT2D eigenvalue weighted by molar-refractivity contribution is -0.120. The average molecular weight is 344 g/mol. The molecule has 0 bridgehead atoms. The standard InChI is InChI=1S/C20H16N4O2/c25-18(12-14-5-6-15-3-1-2-4-17(15)11-14)22-13-19-23-20(24-26-19)16-7-9-21-10-8-16/h1-11H,12-13H2,(H,22,25). The van der Waals surface area contributed by atoms with Gasteiger partial charge in [0.05, 0.1) is 13.0 Å². The smallest absolute Gasteiger partial charge is 0.246 e. The minimum absolute atomic E-state index is 0.0936. The molecule has 6 heteroatoms. The highest BCUT2D eigenvalue weighted by Gasteiger charge is 2.10. The Kier molecular flexibility index (Phi) is 4.38. The third-order valence-electron chi connectivity index (χ3n) is 4.02. The van der Waals surface area contributed by atoms with E-state index in [4.69, 9.17) is 4.52 Å². The van der Waals surface area contributed by atoms with Crippen LogP contribution in [-0.4, -0.2) is 21.0 Å². The van der Waals surface area contributed by atoms with Gasteiger partial charge < -0.3 is 9.84 Å². The van der Waals surface area contributed by atoms with E-state index in [1.54, 1.807) is 24.5 Å². The molecule has 4 rings (SSSR count). The van der Waals surface area contributed by atoms with E-state index in [2.05, 4.69) is 26.5 Å². The van der Waals surface area contributed by atoms with Gasteiger partial charge in [0.1, 0.15) is 0 Å². The van der Waals surface area contributed by atoms with Crippen LogP contribution in [-0.2, 0) is 17.8 Å². The Morgan fingerprint density at radius 1 is 1.00 bits per heavy atom.